The van der Waals surface area contributed by atoms with Crippen molar-refractivity contribution in [2.45, 2.75) is 64.2 Å². The van der Waals surface area contributed by atoms with Gasteiger partial charge in [0.2, 0.25) is 5.91 Å². The molecule has 6 rings (SSSR count). The van der Waals surface area contributed by atoms with Crippen LogP contribution in [-0.4, -0.2) is 22.1 Å². The van der Waals surface area contributed by atoms with Crippen molar-refractivity contribution in [2.24, 2.45) is 23.2 Å². The lowest BCUT2D eigenvalue weighted by atomic mass is 9.55. The number of hydrogen-bond donors (Lipinski definition) is 2. The molecule has 1 aromatic heterocycles. The first-order valence-corrected chi connectivity index (χ1v) is 13.7. The number of carbonyl (C=O) groups is 1. The van der Waals surface area contributed by atoms with Gasteiger partial charge in [0.25, 0.3) is 0 Å². The number of carbonyl (C=O) groups excluding carboxylic acids is 1. The molecule has 1 amide bonds. The maximum absolute atomic E-state index is 13.2. The largest absolute Gasteiger partial charge is 0.489 e. The zero-order valence-electron chi connectivity index (χ0n) is 21.5. The van der Waals surface area contributed by atoms with Gasteiger partial charge in [-0.3, -0.25) is 9.78 Å². The number of aromatic nitrogens is 1. The van der Waals surface area contributed by atoms with Crippen molar-refractivity contribution >= 4 is 5.91 Å². The number of nitrogens with zero attached hydrogens (tertiary/aromatic N) is 1. The van der Waals surface area contributed by atoms with Crippen molar-refractivity contribution in [3.63, 3.8) is 0 Å². The van der Waals surface area contributed by atoms with Crippen molar-refractivity contribution < 1.29 is 14.6 Å². The van der Waals surface area contributed by atoms with Crippen LogP contribution in [0.4, 0.5) is 0 Å². The Hall–Kier alpha value is -3.18. The molecule has 0 saturated heterocycles. The minimum atomic E-state index is -0.592. The molecular weight excluding hydrogens is 460 g/mol. The van der Waals surface area contributed by atoms with Crippen LogP contribution in [0.1, 0.15) is 60.8 Å². The van der Waals surface area contributed by atoms with Crippen molar-refractivity contribution in [2.75, 3.05) is 0 Å². The number of hydrogen-bond acceptors (Lipinski definition) is 4. The van der Waals surface area contributed by atoms with Crippen LogP contribution in [-0.2, 0) is 24.4 Å². The lowest BCUT2D eigenvalue weighted by molar-refractivity contribution is -0.129. The molecule has 2 saturated carbocycles. The highest BCUT2D eigenvalue weighted by Gasteiger charge is 2.59. The highest BCUT2D eigenvalue weighted by atomic mass is 16.5. The summed E-state index contributed by atoms with van der Waals surface area (Å²) in [6.45, 7) is 3.28. The summed E-state index contributed by atoms with van der Waals surface area (Å²) in [5.41, 5.74) is 4.85. The number of nitrogens with one attached hydrogen (secondary N) is 1. The molecule has 5 heteroatoms. The van der Waals surface area contributed by atoms with E-state index in [0.29, 0.717) is 30.9 Å². The topological polar surface area (TPSA) is 71.5 Å². The first kappa shape index (κ1) is 24.2. The Morgan fingerprint density at radius 2 is 1.89 bits per heavy atom. The van der Waals surface area contributed by atoms with Crippen LogP contribution in [0.3, 0.4) is 0 Å². The number of aliphatic hydroxyl groups is 1. The Morgan fingerprint density at radius 3 is 2.70 bits per heavy atom. The zero-order chi connectivity index (χ0) is 25.4. The fourth-order valence-corrected chi connectivity index (χ4v) is 7.48. The number of amides is 1. The van der Waals surface area contributed by atoms with Gasteiger partial charge in [0.15, 0.2) is 0 Å². The third-order valence-electron chi connectivity index (χ3n) is 9.50. The summed E-state index contributed by atoms with van der Waals surface area (Å²) < 4.78 is 6.11. The van der Waals surface area contributed by atoms with Gasteiger partial charge in [-0.05, 0) is 102 Å². The molecule has 3 aliphatic carbocycles. The molecule has 2 fully saturated rings. The van der Waals surface area contributed by atoms with Crippen molar-refractivity contribution in [1.29, 1.82) is 0 Å². The molecule has 0 aliphatic heterocycles. The lowest BCUT2D eigenvalue weighted by Gasteiger charge is -2.50. The van der Waals surface area contributed by atoms with E-state index < -0.39 is 6.10 Å². The SMILES string of the molecule is C[C@]12CCC3c4ccc(OCc5ccccc5)cc4CCC3C1CC(C(=O)NCc1ccncc1)[C@@H]2O. The van der Waals surface area contributed by atoms with Crippen molar-refractivity contribution in [3.05, 3.63) is 95.3 Å². The second-order valence-electron chi connectivity index (χ2n) is 11.5. The second kappa shape index (κ2) is 9.94. The average molecular weight is 497 g/mol. The summed E-state index contributed by atoms with van der Waals surface area (Å²) in [6, 6.07) is 20.7. The fraction of sp³-hybridized carbons (Fsp3) is 0.438. The van der Waals surface area contributed by atoms with E-state index in [2.05, 4.69) is 47.6 Å². The number of ether oxygens (including phenoxy) is 1. The Morgan fingerprint density at radius 1 is 1.08 bits per heavy atom. The van der Waals surface area contributed by atoms with Gasteiger partial charge in [-0.15, -0.1) is 0 Å². The number of aryl methyl sites for hydroxylation is 1. The van der Waals surface area contributed by atoms with Gasteiger partial charge in [-0.1, -0.05) is 43.3 Å². The number of benzene rings is 2. The summed E-state index contributed by atoms with van der Waals surface area (Å²) in [7, 11) is 0. The monoisotopic (exact) mass is 496 g/mol. The summed E-state index contributed by atoms with van der Waals surface area (Å²) in [5.74, 6) is 1.94. The van der Waals surface area contributed by atoms with Gasteiger partial charge >= 0.3 is 0 Å². The minimum absolute atomic E-state index is 0.0205. The Balaban J connectivity index is 1.15. The van der Waals surface area contributed by atoms with Crippen LogP contribution in [0.15, 0.2) is 73.1 Å². The number of rotatable bonds is 6. The second-order valence-corrected chi connectivity index (χ2v) is 11.5. The van der Waals surface area contributed by atoms with Crippen LogP contribution >= 0.6 is 0 Å². The molecule has 192 valence electrons. The Kier molecular flexibility index (Phi) is 6.49. The fourth-order valence-electron chi connectivity index (χ4n) is 7.48. The zero-order valence-corrected chi connectivity index (χ0v) is 21.5. The predicted molar refractivity (Wildman–Crippen MR) is 143 cm³/mol. The van der Waals surface area contributed by atoms with Crippen molar-refractivity contribution in [3.8, 4) is 5.75 Å². The van der Waals surface area contributed by atoms with Crippen LogP contribution in [0, 0.1) is 23.2 Å². The van der Waals surface area contributed by atoms with Crippen molar-refractivity contribution in [1.82, 2.24) is 10.3 Å². The smallest absolute Gasteiger partial charge is 0.226 e. The molecular formula is C32H36N2O3. The Bertz CT molecular complexity index is 1250. The summed E-state index contributed by atoms with van der Waals surface area (Å²) in [5, 5.41) is 14.5. The normalized spacial score (nSPS) is 30.1. The minimum Gasteiger partial charge on any atom is -0.489 e. The van der Waals surface area contributed by atoms with Gasteiger partial charge in [0.05, 0.1) is 12.0 Å². The first-order chi connectivity index (χ1) is 18.0. The molecule has 2 N–H and O–H groups in total. The van der Waals surface area contributed by atoms with E-state index in [4.69, 9.17) is 4.74 Å². The van der Waals surface area contributed by atoms with Gasteiger partial charge in [-0.2, -0.15) is 0 Å². The summed E-state index contributed by atoms with van der Waals surface area (Å²) >= 11 is 0. The molecule has 0 spiro atoms. The summed E-state index contributed by atoms with van der Waals surface area (Å²) in [6.07, 6.45) is 7.82. The van der Waals surface area contributed by atoms with Crippen LogP contribution < -0.4 is 10.1 Å². The first-order valence-electron chi connectivity index (χ1n) is 13.7. The highest BCUT2D eigenvalue weighted by Crippen LogP contribution is 2.62. The van der Waals surface area contributed by atoms with Gasteiger partial charge < -0.3 is 15.2 Å². The summed E-state index contributed by atoms with van der Waals surface area (Å²) in [4.78, 5) is 17.2. The molecule has 5 nitrogen and oxygen atoms in total. The molecule has 0 bridgehead atoms. The maximum Gasteiger partial charge on any atom is 0.226 e. The molecule has 3 aliphatic rings. The van der Waals surface area contributed by atoms with E-state index in [9.17, 15) is 9.90 Å². The standard InChI is InChI=1S/C32H36N2O3/c1-32-14-11-26-25-10-8-24(37-20-22-5-3-2-4-6-22)17-23(25)7-9-27(26)29(32)18-28(30(32)35)31(36)34-19-21-12-15-33-16-13-21/h2-6,8,10,12-13,15-17,26-30,35H,7,9,11,14,18-20H2,1H3,(H,34,36)/t26?,27?,28?,29?,30-,32-/m0/s1. The van der Waals surface area contributed by atoms with Crippen LogP contribution in [0.2, 0.25) is 0 Å². The number of pyridine rings is 1. The molecule has 3 aromatic rings. The molecule has 2 aromatic carbocycles. The van der Waals surface area contributed by atoms with E-state index >= 15 is 0 Å². The van der Waals surface area contributed by atoms with E-state index in [1.807, 2.05) is 30.3 Å². The quantitative estimate of drug-likeness (QED) is 0.478. The van der Waals surface area contributed by atoms with E-state index in [0.717, 1.165) is 43.4 Å². The lowest BCUT2D eigenvalue weighted by Crippen LogP contribution is -2.45. The van der Waals surface area contributed by atoms with Crippen LogP contribution in [0.5, 0.6) is 5.75 Å². The third kappa shape index (κ3) is 4.54. The highest BCUT2D eigenvalue weighted by molar-refractivity contribution is 5.80. The van der Waals surface area contributed by atoms with Crippen LogP contribution in [0.25, 0.3) is 0 Å². The van der Waals surface area contributed by atoms with Gasteiger partial charge in [0.1, 0.15) is 12.4 Å². The van der Waals surface area contributed by atoms with Gasteiger partial charge in [-0.25, -0.2) is 0 Å². The molecule has 1 heterocycles. The molecule has 6 atom stereocenters. The Labute approximate surface area is 219 Å². The predicted octanol–water partition coefficient (Wildman–Crippen LogP) is 5.42. The van der Waals surface area contributed by atoms with E-state index in [1.54, 1.807) is 12.4 Å². The average Bonchev–Trinajstić information content (AvgIpc) is 3.22. The van der Waals surface area contributed by atoms with E-state index in [-0.39, 0.29) is 17.2 Å². The third-order valence-corrected chi connectivity index (χ3v) is 9.50. The van der Waals surface area contributed by atoms with Gasteiger partial charge in [0, 0.05) is 18.9 Å². The molecule has 0 radical (unpaired) electrons. The molecule has 4 unspecified atom stereocenters. The molecule has 37 heavy (non-hydrogen) atoms. The van der Waals surface area contributed by atoms with E-state index in [1.165, 1.54) is 16.7 Å². The number of aliphatic hydroxyl groups excluding tert-OH is 1. The maximum atomic E-state index is 13.2. The number of fused-ring (bicyclic) bond motifs is 5.